The number of aliphatic hydroxyl groups excluding tert-OH is 1. The van der Waals surface area contributed by atoms with Crippen molar-refractivity contribution in [1.29, 1.82) is 0 Å². The predicted molar refractivity (Wildman–Crippen MR) is 83.5 cm³/mol. The van der Waals surface area contributed by atoms with Gasteiger partial charge in [-0.25, -0.2) is 0 Å². The monoisotopic (exact) mass is 307 g/mol. The zero-order valence-electron chi connectivity index (χ0n) is 11.5. The molecule has 0 fully saturated rings. The Balaban J connectivity index is 1.69. The minimum absolute atomic E-state index is 0.159. The quantitative estimate of drug-likeness (QED) is 0.772. The fourth-order valence-electron chi connectivity index (χ4n) is 1.72. The molecule has 0 saturated heterocycles. The van der Waals surface area contributed by atoms with Crippen molar-refractivity contribution in [3.63, 3.8) is 0 Å². The molecule has 21 heavy (non-hydrogen) atoms. The Morgan fingerprint density at radius 1 is 1.05 bits per heavy atom. The number of anilines is 1. The Bertz CT molecular complexity index is 560. The van der Waals surface area contributed by atoms with Gasteiger partial charge >= 0.3 is 0 Å². The molecule has 0 heterocycles. The summed E-state index contributed by atoms with van der Waals surface area (Å²) in [6.07, 6.45) is -0.704. The van der Waals surface area contributed by atoms with Gasteiger partial charge in [0.2, 0.25) is 0 Å². The third-order valence-corrected chi connectivity index (χ3v) is 3.22. The summed E-state index contributed by atoms with van der Waals surface area (Å²) < 4.78 is 10.9. The molecule has 0 amide bonds. The van der Waals surface area contributed by atoms with Crippen LogP contribution in [0.2, 0.25) is 5.02 Å². The largest absolute Gasteiger partial charge is 0.491 e. The van der Waals surface area contributed by atoms with E-state index in [4.69, 9.17) is 26.8 Å². The van der Waals surface area contributed by atoms with Crippen LogP contribution >= 0.6 is 11.6 Å². The second kappa shape index (κ2) is 7.88. The molecule has 0 aliphatic rings. The minimum atomic E-state index is -0.704. The minimum Gasteiger partial charge on any atom is -0.491 e. The fourth-order valence-corrected chi connectivity index (χ4v) is 1.92. The van der Waals surface area contributed by atoms with Gasteiger partial charge in [-0.2, -0.15) is 0 Å². The van der Waals surface area contributed by atoms with Crippen LogP contribution in [0.5, 0.6) is 5.75 Å². The van der Waals surface area contributed by atoms with Crippen molar-refractivity contribution in [3.8, 4) is 5.75 Å². The van der Waals surface area contributed by atoms with Crippen molar-refractivity contribution in [3.05, 3.63) is 59.1 Å². The van der Waals surface area contributed by atoms with Crippen LogP contribution in [0.1, 0.15) is 5.56 Å². The summed E-state index contributed by atoms with van der Waals surface area (Å²) in [7, 11) is 0. The first-order valence-electron chi connectivity index (χ1n) is 6.62. The molecule has 2 aromatic rings. The van der Waals surface area contributed by atoms with E-state index in [1.165, 1.54) is 0 Å². The van der Waals surface area contributed by atoms with Crippen molar-refractivity contribution in [1.82, 2.24) is 0 Å². The number of nitrogen functional groups attached to an aromatic ring is 1. The number of nitrogens with two attached hydrogens (primary N) is 1. The Hall–Kier alpha value is -1.75. The van der Waals surface area contributed by atoms with Gasteiger partial charge in [-0.3, -0.25) is 0 Å². The van der Waals surface area contributed by atoms with Crippen LogP contribution in [0.15, 0.2) is 48.5 Å². The first kappa shape index (κ1) is 15.6. The molecule has 0 aliphatic carbocycles. The second-order valence-corrected chi connectivity index (χ2v) is 5.05. The van der Waals surface area contributed by atoms with Crippen LogP contribution in [0.25, 0.3) is 0 Å². The highest BCUT2D eigenvalue weighted by atomic mass is 35.5. The summed E-state index contributed by atoms with van der Waals surface area (Å²) in [6.45, 7) is 0.700. The third-order valence-electron chi connectivity index (χ3n) is 2.85. The van der Waals surface area contributed by atoms with Gasteiger partial charge < -0.3 is 20.3 Å². The number of aliphatic hydroxyl groups is 1. The van der Waals surface area contributed by atoms with E-state index in [9.17, 15) is 5.11 Å². The first-order valence-corrected chi connectivity index (χ1v) is 7.00. The van der Waals surface area contributed by atoms with Gasteiger partial charge in [0, 0.05) is 10.7 Å². The lowest BCUT2D eigenvalue weighted by Crippen LogP contribution is -2.23. The van der Waals surface area contributed by atoms with Crippen molar-refractivity contribution in [2.45, 2.75) is 12.7 Å². The number of benzene rings is 2. The zero-order chi connectivity index (χ0) is 15.1. The van der Waals surface area contributed by atoms with E-state index in [-0.39, 0.29) is 13.2 Å². The molecule has 2 aromatic carbocycles. The Labute approximate surface area is 129 Å². The van der Waals surface area contributed by atoms with Crippen LogP contribution in [0.4, 0.5) is 5.69 Å². The van der Waals surface area contributed by atoms with Crippen molar-refractivity contribution in [2.75, 3.05) is 18.9 Å². The molecule has 1 unspecified atom stereocenters. The van der Waals surface area contributed by atoms with E-state index < -0.39 is 6.10 Å². The first-order chi connectivity index (χ1) is 10.1. The molecule has 0 aromatic heterocycles. The lowest BCUT2D eigenvalue weighted by atomic mass is 10.2. The highest BCUT2D eigenvalue weighted by Crippen LogP contribution is 2.16. The molecule has 0 saturated carbocycles. The molecule has 3 N–H and O–H groups in total. The van der Waals surface area contributed by atoms with Gasteiger partial charge in [0.25, 0.3) is 0 Å². The predicted octanol–water partition coefficient (Wildman–Crippen LogP) is 2.88. The highest BCUT2D eigenvalue weighted by molar-refractivity contribution is 6.31. The van der Waals surface area contributed by atoms with Crippen LogP contribution in [0.3, 0.4) is 0 Å². The molecular formula is C16H18ClNO3. The summed E-state index contributed by atoms with van der Waals surface area (Å²) in [5.41, 5.74) is 7.15. The normalized spacial score (nSPS) is 12.1. The van der Waals surface area contributed by atoms with Crippen LogP contribution in [-0.2, 0) is 11.3 Å². The van der Waals surface area contributed by atoms with Gasteiger partial charge in [-0.05, 0) is 35.9 Å². The van der Waals surface area contributed by atoms with Gasteiger partial charge in [0.1, 0.15) is 18.5 Å². The van der Waals surface area contributed by atoms with Gasteiger partial charge in [0.05, 0.1) is 13.2 Å². The standard InChI is InChI=1S/C16H18ClNO3/c17-16-4-2-1-3-12(16)9-20-10-14(19)11-21-15-7-5-13(18)6-8-15/h1-8,14,19H,9-11,18H2. The van der Waals surface area contributed by atoms with Crippen LogP contribution < -0.4 is 10.5 Å². The van der Waals surface area contributed by atoms with Crippen LogP contribution in [0, 0.1) is 0 Å². The smallest absolute Gasteiger partial charge is 0.119 e. The molecule has 112 valence electrons. The average Bonchev–Trinajstić information content (AvgIpc) is 2.49. The van der Waals surface area contributed by atoms with Crippen molar-refractivity contribution >= 4 is 17.3 Å². The molecule has 5 heteroatoms. The number of ether oxygens (including phenoxy) is 2. The van der Waals surface area contributed by atoms with E-state index in [0.717, 1.165) is 5.56 Å². The topological polar surface area (TPSA) is 64.7 Å². The fraction of sp³-hybridized carbons (Fsp3) is 0.250. The molecule has 0 radical (unpaired) electrons. The van der Waals surface area contributed by atoms with Gasteiger partial charge in [-0.15, -0.1) is 0 Å². The highest BCUT2D eigenvalue weighted by Gasteiger charge is 2.07. The summed E-state index contributed by atoms with van der Waals surface area (Å²) in [5, 5.41) is 10.5. The number of rotatable bonds is 7. The van der Waals surface area contributed by atoms with E-state index in [2.05, 4.69) is 0 Å². The Kier molecular flexibility index (Phi) is 5.87. The second-order valence-electron chi connectivity index (χ2n) is 4.64. The average molecular weight is 308 g/mol. The lowest BCUT2D eigenvalue weighted by molar-refractivity contribution is 0.00551. The number of hydrogen-bond acceptors (Lipinski definition) is 4. The molecule has 0 spiro atoms. The summed E-state index contributed by atoms with van der Waals surface area (Å²) in [6, 6.07) is 14.5. The molecule has 0 aliphatic heterocycles. The molecule has 0 bridgehead atoms. The maximum absolute atomic E-state index is 9.80. The zero-order valence-corrected chi connectivity index (χ0v) is 12.3. The molecule has 4 nitrogen and oxygen atoms in total. The van der Waals surface area contributed by atoms with Crippen LogP contribution in [-0.4, -0.2) is 24.4 Å². The number of hydrogen-bond donors (Lipinski definition) is 2. The Morgan fingerprint density at radius 2 is 1.76 bits per heavy atom. The summed E-state index contributed by atoms with van der Waals surface area (Å²) >= 11 is 6.02. The molecular weight excluding hydrogens is 290 g/mol. The lowest BCUT2D eigenvalue weighted by Gasteiger charge is -2.13. The molecule has 2 rings (SSSR count). The van der Waals surface area contributed by atoms with Crippen molar-refractivity contribution in [2.24, 2.45) is 0 Å². The van der Waals surface area contributed by atoms with E-state index in [1.54, 1.807) is 30.3 Å². The van der Waals surface area contributed by atoms with Gasteiger partial charge in [0.15, 0.2) is 0 Å². The summed E-state index contributed by atoms with van der Waals surface area (Å²) in [4.78, 5) is 0. The van der Waals surface area contributed by atoms with Gasteiger partial charge in [-0.1, -0.05) is 29.8 Å². The number of halogens is 1. The summed E-state index contributed by atoms with van der Waals surface area (Å²) in [5.74, 6) is 0.661. The Morgan fingerprint density at radius 3 is 2.48 bits per heavy atom. The van der Waals surface area contributed by atoms with E-state index in [0.29, 0.717) is 23.1 Å². The molecule has 1 atom stereocenters. The maximum Gasteiger partial charge on any atom is 0.119 e. The van der Waals surface area contributed by atoms with Crippen molar-refractivity contribution < 1.29 is 14.6 Å². The maximum atomic E-state index is 9.80. The third kappa shape index (κ3) is 5.27. The van der Waals surface area contributed by atoms with E-state index >= 15 is 0 Å². The SMILES string of the molecule is Nc1ccc(OCC(O)COCc2ccccc2Cl)cc1. The van der Waals surface area contributed by atoms with E-state index in [1.807, 2.05) is 18.2 Å².